The van der Waals surface area contributed by atoms with Crippen LogP contribution in [0.1, 0.15) is 25.5 Å². The Morgan fingerprint density at radius 1 is 1.04 bits per heavy atom. The van der Waals surface area contributed by atoms with E-state index in [2.05, 4.69) is 10.0 Å². The van der Waals surface area contributed by atoms with E-state index in [1.165, 1.54) is 0 Å². The fourth-order valence-corrected chi connectivity index (χ4v) is 2.90. The molecule has 2 atom stereocenters. The highest BCUT2D eigenvalue weighted by atomic mass is 35.5. The molecule has 0 saturated carbocycles. The maximum absolute atomic E-state index is 12.4. The summed E-state index contributed by atoms with van der Waals surface area (Å²) in [7, 11) is -3.32. The van der Waals surface area contributed by atoms with Crippen molar-refractivity contribution in [3.63, 3.8) is 0 Å². The lowest BCUT2D eigenvalue weighted by molar-refractivity contribution is -0.120. The number of amides is 1. The van der Waals surface area contributed by atoms with Gasteiger partial charge in [-0.15, -0.1) is 12.4 Å². The van der Waals surface area contributed by atoms with E-state index in [-0.39, 0.29) is 24.1 Å². The second-order valence-corrected chi connectivity index (χ2v) is 7.81. The number of carbonyl (C=O) groups is 1. The molecule has 2 unspecified atom stereocenters. The van der Waals surface area contributed by atoms with Gasteiger partial charge in [-0.3, -0.25) is 9.52 Å². The van der Waals surface area contributed by atoms with Gasteiger partial charge in [0, 0.05) is 17.4 Å². The van der Waals surface area contributed by atoms with Crippen LogP contribution >= 0.6 is 12.4 Å². The Morgan fingerprint density at radius 3 is 2.12 bits per heavy atom. The van der Waals surface area contributed by atoms with Gasteiger partial charge in [0.25, 0.3) is 0 Å². The third kappa shape index (κ3) is 6.01. The van der Waals surface area contributed by atoms with E-state index in [4.69, 9.17) is 5.73 Å². The highest BCUT2D eigenvalue weighted by Gasteiger charge is 2.22. The van der Waals surface area contributed by atoms with Gasteiger partial charge in [0.15, 0.2) is 0 Å². The summed E-state index contributed by atoms with van der Waals surface area (Å²) in [5.74, 6) is -0.612. The number of nitrogens with one attached hydrogen (secondary N) is 2. The van der Waals surface area contributed by atoms with Crippen molar-refractivity contribution in [2.24, 2.45) is 11.7 Å². The van der Waals surface area contributed by atoms with Crippen molar-refractivity contribution in [1.82, 2.24) is 0 Å². The molecule has 0 radical (unpaired) electrons. The molecule has 0 aliphatic carbocycles. The summed E-state index contributed by atoms with van der Waals surface area (Å²) in [6, 6.07) is 15.5. The molecule has 26 heavy (non-hydrogen) atoms. The Balaban J connectivity index is 0.00000338. The number of anilines is 2. The number of carbonyl (C=O) groups excluding carboxylic acids is 1. The maximum atomic E-state index is 12.4. The number of nitrogens with two attached hydrogens (primary N) is 1. The minimum Gasteiger partial charge on any atom is -0.326 e. The lowest BCUT2D eigenvalue weighted by Crippen LogP contribution is -2.30. The second kappa shape index (κ2) is 9.56. The number of benzene rings is 2. The van der Waals surface area contributed by atoms with Gasteiger partial charge in [0.05, 0.1) is 11.7 Å². The largest absolute Gasteiger partial charge is 0.326 e. The molecule has 1 amide bonds. The fraction of sp³-hybridized carbons (Fsp3) is 0.278. The first-order chi connectivity index (χ1) is 11.8. The van der Waals surface area contributed by atoms with Crippen LogP contribution in [0.5, 0.6) is 0 Å². The fourth-order valence-electron chi connectivity index (χ4n) is 2.26. The van der Waals surface area contributed by atoms with Gasteiger partial charge in [-0.05, 0) is 36.8 Å². The number of sulfonamides is 1. The van der Waals surface area contributed by atoms with Crippen LogP contribution in [0.2, 0.25) is 0 Å². The van der Waals surface area contributed by atoms with Crippen LogP contribution in [-0.2, 0) is 14.8 Å². The molecule has 8 heteroatoms. The first kappa shape index (κ1) is 22.0. The van der Waals surface area contributed by atoms with Crippen LogP contribution in [0.4, 0.5) is 11.4 Å². The molecule has 4 N–H and O–H groups in total. The van der Waals surface area contributed by atoms with E-state index in [1.54, 1.807) is 38.1 Å². The molecule has 142 valence electrons. The summed E-state index contributed by atoms with van der Waals surface area (Å²) in [5, 5.41) is 2.80. The third-order valence-corrected chi connectivity index (χ3v) is 5.25. The minimum atomic E-state index is -3.32. The molecule has 0 spiro atoms. The normalized spacial score (nSPS) is 13.2. The molecule has 0 aliphatic rings. The Kier molecular flexibility index (Phi) is 8.08. The van der Waals surface area contributed by atoms with Gasteiger partial charge >= 0.3 is 0 Å². The molecule has 2 aromatic rings. The highest BCUT2D eigenvalue weighted by Crippen LogP contribution is 2.21. The van der Waals surface area contributed by atoms with E-state index >= 15 is 0 Å². The topological polar surface area (TPSA) is 101 Å². The van der Waals surface area contributed by atoms with Crippen LogP contribution in [0, 0.1) is 5.92 Å². The first-order valence-corrected chi connectivity index (χ1v) is 9.69. The molecule has 0 heterocycles. The summed E-state index contributed by atoms with van der Waals surface area (Å²) in [5.41, 5.74) is 8.09. The average molecular weight is 398 g/mol. The highest BCUT2D eigenvalue weighted by molar-refractivity contribution is 7.92. The number of hydrogen-bond acceptors (Lipinski definition) is 4. The molecule has 0 fully saturated rings. The summed E-state index contributed by atoms with van der Waals surface area (Å²) >= 11 is 0. The molecule has 2 aromatic carbocycles. The standard InChI is InChI=1S/C18H23N3O3S.ClH/c1-3-25(23,24)21-16-11-9-15(10-12-16)20-18(22)13(2)17(19)14-7-5-4-6-8-14;/h4-13,17,21H,3,19H2,1-2H3,(H,20,22);1H. The van der Waals surface area contributed by atoms with Crippen molar-refractivity contribution >= 4 is 39.7 Å². The van der Waals surface area contributed by atoms with Crippen LogP contribution in [0.3, 0.4) is 0 Å². The lowest BCUT2D eigenvalue weighted by Gasteiger charge is -2.20. The van der Waals surface area contributed by atoms with E-state index in [0.29, 0.717) is 11.4 Å². The van der Waals surface area contributed by atoms with Crippen LogP contribution in [0.15, 0.2) is 54.6 Å². The molecule has 0 bridgehead atoms. The third-order valence-electron chi connectivity index (χ3n) is 3.94. The summed E-state index contributed by atoms with van der Waals surface area (Å²) < 4.78 is 25.5. The van der Waals surface area contributed by atoms with Crippen molar-refractivity contribution in [2.75, 3.05) is 15.8 Å². The Hall–Kier alpha value is -2.09. The van der Waals surface area contributed by atoms with Gasteiger partial charge in [-0.25, -0.2) is 8.42 Å². The van der Waals surface area contributed by atoms with Crippen LogP contribution < -0.4 is 15.8 Å². The lowest BCUT2D eigenvalue weighted by atomic mass is 9.94. The zero-order valence-electron chi connectivity index (χ0n) is 14.7. The van der Waals surface area contributed by atoms with E-state index in [1.807, 2.05) is 30.3 Å². The summed E-state index contributed by atoms with van der Waals surface area (Å²) in [6.45, 7) is 3.34. The van der Waals surface area contributed by atoms with Gasteiger partial charge < -0.3 is 11.1 Å². The molecule has 0 saturated heterocycles. The molecular weight excluding hydrogens is 374 g/mol. The first-order valence-electron chi connectivity index (χ1n) is 8.04. The predicted molar refractivity (Wildman–Crippen MR) is 108 cm³/mol. The zero-order chi connectivity index (χ0) is 18.4. The van der Waals surface area contributed by atoms with E-state index in [9.17, 15) is 13.2 Å². The Labute approximate surface area is 160 Å². The smallest absolute Gasteiger partial charge is 0.232 e. The molecular formula is C18H24ClN3O3S. The quantitative estimate of drug-likeness (QED) is 0.667. The van der Waals surface area contributed by atoms with Crippen molar-refractivity contribution in [1.29, 1.82) is 0 Å². The van der Waals surface area contributed by atoms with Gasteiger partial charge in [0.1, 0.15) is 0 Å². The Morgan fingerprint density at radius 2 is 1.58 bits per heavy atom. The minimum absolute atomic E-state index is 0. The molecule has 0 aromatic heterocycles. The van der Waals surface area contributed by atoms with Gasteiger partial charge in [-0.1, -0.05) is 37.3 Å². The van der Waals surface area contributed by atoms with Gasteiger partial charge in [0.2, 0.25) is 15.9 Å². The van der Waals surface area contributed by atoms with E-state index < -0.39 is 22.0 Å². The van der Waals surface area contributed by atoms with Crippen LogP contribution in [0.25, 0.3) is 0 Å². The van der Waals surface area contributed by atoms with Crippen molar-refractivity contribution in [3.05, 3.63) is 60.2 Å². The van der Waals surface area contributed by atoms with Crippen molar-refractivity contribution in [2.45, 2.75) is 19.9 Å². The zero-order valence-corrected chi connectivity index (χ0v) is 16.3. The molecule has 0 aliphatic heterocycles. The van der Waals surface area contributed by atoms with Gasteiger partial charge in [-0.2, -0.15) is 0 Å². The van der Waals surface area contributed by atoms with Crippen molar-refractivity contribution < 1.29 is 13.2 Å². The maximum Gasteiger partial charge on any atom is 0.232 e. The number of halogens is 1. The Bertz CT molecular complexity index is 811. The molecule has 2 rings (SSSR count). The summed E-state index contributed by atoms with van der Waals surface area (Å²) in [4.78, 5) is 12.4. The predicted octanol–water partition coefficient (Wildman–Crippen LogP) is 3.14. The number of hydrogen-bond donors (Lipinski definition) is 3. The van der Waals surface area contributed by atoms with Crippen molar-refractivity contribution in [3.8, 4) is 0 Å². The monoisotopic (exact) mass is 397 g/mol. The van der Waals surface area contributed by atoms with E-state index in [0.717, 1.165) is 5.56 Å². The summed E-state index contributed by atoms with van der Waals surface area (Å²) in [6.07, 6.45) is 0. The molecule has 6 nitrogen and oxygen atoms in total. The SMILES string of the molecule is CCS(=O)(=O)Nc1ccc(NC(=O)C(C)C(N)c2ccccc2)cc1.Cl. The van der Waals surface area contributed by atoms with Crippen LogP contribution in [-0.4, -0.2) is 20.1 Å². The second-order valence-electron chi connectivity index (χ2n) is 5.80. The average Bonchev–Trinajstić information content (AvgIpc) is 2.62. The number of rotatable bonds is 7.